The Morgan fingerprint density at radius 3 is 2.85 bits per heavy atom. The van der Waals surface area contributed by atoms with E-state index in [1.807, 2.05) is 35.4 Å². The van der Waals surface area contributed by atoms with E-state index in [0.717, 1.165) is 0 Å². The molecule has 0 saturated heterocycles. The van der Waals surface area contributed by atoms with Crippen LogP contribution in [0.2, 0.25) is 0 Å². The maximum Gasteiger partial charge on any atom is 0.192 e. The summed E-state index contributed by atoms with van der Waals surface area (Å²) in [6, 6.07) is 10.9. The van der Waals surface area contributed by atoms with E-state index in [1.165, 1.54) is 10.9 Å². The van der Waals surface area contributed by atoms with Gasteiger partial charge in [0, 0.05) is 10.4 Å². The first-order chi connectivity index (χ1) is 9.61. The molecule has 20 heavy (non-hydrogen) atoms. The third-order valence-electron chi connectivity index (χ3n) is 3.77. The van der Waals surface area contributed by atoms with E-state index in [4.69, 9.17) is 5.73 Å². The van der Waals surface area contributed by atoms with Gasteiger partial charge in [0.25, 0.3) is 0 Å². The van der Waals surface area contributed by atoms with Crippen LogP contribution in [0.3, 0.4) is 0 Å². The molecule has 104 valence electrons. The second kappa shape index (κ2) is 4.90. The number of guanidine groups is 1. The van der Waals surface area contributed by atoms with Crippen LogP contribution in [0.5, 0.6) is 0 Å². The third-order valence-corrected chi connectivity index (χ3v) is 4.63. The van der Waals surface area contributed by atoms with Crippen LogP contribution in [0, 0.1) is 5.82 Å². The van der Waals surface area contributed by atoms with Crippen molar-refractivity contribution in [3.8, 4) is 0 Å². The first kappa shape index (κ1) is 13.1. The lowest BCUT2D eigenvalue weighted by atomic mass is 9.90. The van der Waals surface area contributed by atoms with Gasteiger partial charge in [-0.25, -0.2) is 4.39 Å². The highest BCUT2D eigenvalue weighted by Crippen LogP contribution is 2.35. The SMILES string of the molecule is CC1(c2ccccc2F)CN=C(N)N1Cc1cccs1. The van der Waals surface area contributed by atoms with Crippen molar-refractivity contribution < 1.29 is 4.39 Å². The van der Waals surface area contributed by atoms with Crippen molar-refractivity contribution in [2.24, 2.45) is 10.7 Å². The Labute approximate surface area is 121 Å². The number of thiophene rings is 1. The van der Waals surface area contributed by atoms with Gasteiger partial charge in [-0.05, 0) is 24.4 Å². The standard InChI is InChI=1S/C15H16FN3S/c1-15(12-6-2-3-7-13(12)16)10-18-14(17)19(15)9-11-5-4-8-20-11/h2-8H,9-10H2,1H3,(H2,17,18). The minimum Gasteiger partial charge on any atom is -0.370 e. The molecule has 0 aliphatic carbocycles. The molecule has 1 aromatic heterocycles. The molecule has 2 aromatic rings. The Hall–Kier alpha value is -1.88. The normalized spacial score (nSPS) is 22.1. The fraction of sp³-hybridized carbons (Fsp3) is 0.267. The number of hydrogen-bond donors (Lipinski definition) is 1. The lowest BCUT2D eigenvalue weighted by Gasteiger charge is -2.36. The average Bonchev–Trinajstić information content (AvgIpc) is 3.04. The summed E-state index contributed by atoms with van der Waals surface area (Å²) >= 11 is 1.67. The highest BCUT2D eigenvalue weighted by molar-refractivity contribution is 7.09. The topological polar surface area (TPSA) is 41.6 Å². The van der Waals surface area contributed by atoms with E-state index in [9.17, 15) is 4.39 Å². The fourth-order valence-corrected chi connectivity index (χ4v) is 3.29. The molecule has 0 saturated carbocycles. The number of nitrogens with two attached hydrogens (primary N) is 1. The maximum absolute atomic E-state index is 14.2. The van der Waals surface area contributed by atoms with Crippen LogP contribution in [-0.4, -0.2) is 17.4 Å². The highest BCUT2D eigenvalue weighted by atomic mass is 32.1. The summed E-state index contributed by atoms with van der Waals surface area (Å²) in [4.78, 5) is 7.50. The summed E-state index contributed by atoms with van der Waals surface area (Å²) in [5.74, 6) is 0.264. The van der Waals surface area contributed by atoms with Crippen LogP contribution in [-0.2, 0) is 12.1 Å². The van der Waals surface area contributed by atoms with Crippen molar-refractivity contribution in [3.05, 3.63) is 58.0 Å². The van der Waals surface area contributed by atoms with Gasteiger partial charge in [-0.1, -0.05) is 24.3 Å². The van der Waals surface area contributed by atoms with Crippen LogP contribution >= 0.6 is 11.3 Å². The summed E-state index contributed by atoms with van der Waals surface area (Å²) < 4.78 is 14.2. The summed E-state index contributed by atoms with van der Waals surface area (Å²) in [5.41, 5.74) is 6.13. The van der Waals surface area contributed by atoms with Crippen molar-refractivity contribution >= 4 is 17.3 Å². The molecular weight excluding hydrogens is 273 g/mol. The van der Waals surface area contributed by atoms with Crippen LogP contribution in [0.15, 0.2) is 46.8 Å². The van der Waals surface area contributed by atoms with Crippen molar-refractivity contribution in [3.63, 3.8) is 0 Å². The van der Waals surface area contributed by atoms with E-state index in [0.29, 0.717) is 24.6 Å². The van der Waals surface area contributed by atoms with Gasteiger partial charge in [0.2, 0.25) is 0 Å². The van der Waals surface area contributed by atoms with Gasteiger partial charge in [0.15, 0.2) is 5.96 Å². The predicted octanol–water partition coefficient (Wildman–Crippen LogP) is 2.93. The molecular formula is C15H16FN3S. The minimum atomic E-state index is -0.528. The summed E-state index contributed by atoms with van der Waals surface area (Å²) in [6.45, 7) is 3.12. The van der Waals surface area contributed by atoms with E-state index < -0.39 is 5.54 Å². The average molecular weight is 289 g/mol. The molecule has 3 rings (SSSR count). The number of nitrogens with zero attached hydrogens (tertiary/aromatic N) is 2. The van der Waals surface area contributed by atoms with E-state index >= 15 is 0 Å². The molecule has 1 aromatic carbocycles. The molecule has 0 radical (unpaired) electrons. The van der Waals surface area contributed by atoms with Crippen LogP contribution in [0.4, 0.5) is 4.39 Å². The lowest BCUT2D eigenvalue weighted by Crippen LogP contribution is -2.47. The Bertz CT molecular complexity index is 638. The van der Waals surface area contributed by atoms with Gasteiger partial charge in [0.1, 0.15) is 5.82 Å². The molecule has 1 aliphatic heterocycles. The Morgan fingerprint density at radius 2 is 2.15 bits per heavy atom. The van der Waals surface area contributed by atoms with E-state index in [2.05, 4.69) is 11.1 Å². The minimum absolute atomic E-state index is 0.212. The van der Waals surface area contributed by atoms with E-state index in [1.54, 1.807) is 17.4 Å². The first-order valence-electron chi connectivity index (χ1n) is 6.46. The fourth-order valence-electron chi connectivity index (χ4n) is 2.60. The Kier molecular flexibility index (Phi) is 3.22. The Morgan fingerprint density at radius 1 is 1.35 bits per heavy atom. The van der Waals surface area contributed by atoms with Gasteiger partial charge < -0.3 is 10.6 Å². The summed E-state index contributed by atoms with van der Waals surface area (Å²) in [6.07, 6.45) is 0. The first-order valence-corrected chi connectivity index (χ1v) is 7.34. The summed E-state index contributed by atoms with van der Waals surface area (Å²) in [7, 11) is 0. The third kappa shape index (κ3) is 2.08. The van der Waals surface area contributed by atoms with Crippen molar-refractivity contribution in [2.45, 2.75) is 19.0 Å². The highest BCUT2D eigenvalue weighted by Gasteiger charge is 2.41. The van der Waals surface area contributed by atoms with Crippen molar-refractivity contribution in [2.75, 3.05) is 6.54 Å². The zero-order valence-corrected chi connectivity index (χ0v) is 12.0. The largest absolute Gasteiger partial charge is 0.370 e. The lowest BCUT2D eigenvalue weighted by molar-refractivity contribution is 0.212. The molecule has 2 heterocycles. The second-order valence-electron chi connectivity index (χ2n) is 5.09. The molecule has 1 aliphatic rings. The van der Waals surface area contributed by atoms with E-state index in [-0.39, 0.29) is 5.82 Å². The van der Waals surface area contributed by atoms with Gasteiger partial charge in [-0.2, -0.15) is 0 Å². The second-order valence-corrected chi connectivity index (χ2v) is 6.13. The monoisotopic (exact) mass is 289 g/mol. The number of halogens is 1. The van der Waals surface area contributed by atoms with Crippen molar-refractivity contribution in [1.82, 2.24) is 4.90 Å². The number of rotatable bonds is 3. The van der Waals surface area contributed by atoms with Crippen LogP contribution < -0.4 is 5.73 Å². The Balaban J connectivity index is 1.97. The summed E-state index contributed by atoms with van der Waals surface area (Å²) in [5, 5.41) is 2.03. The molecule has 5 heteroatoms. The molecule has 3 nitrogen and oxygen atoms in total. The molecule has 0 bridgehead atoms. The maximum atomic E-state index is 14.2. The molecule has 0 amide bonds. The van der Waals surface area contributed by atoms with Crippen LogP contribution in [0.1, 0.15) is 17.4 Å². The molecule has 0 fully saturated rings. The predicted molar refractivity (Wildman–Crippen MR) is 80.1 cm³/mol. The number of aliphatic imine (C=N–C) groups is 1. The van der Waals surface area contributed by atoms with Gasteiger partial charge in [-0.3, -0.25) is 4.99 Å². The molecule has 1 unspecified atom stereocenters. The van der Waals surface area contributed by atoms with Gasteiger partial charge >= 0.3 is 0 Å². The number of benzene rings is 1. The number of hydrogen-bond acceptors (Lipinski definition) is 4. The molecule has 0 spiro atoms. The van der Waals surface area contributed by atoms with Gasteiger partial charge in [0.05, 0.1) is 18.6 Å². The zero-order chi connectivity index (χ0) is 14.2. The quantitative estimate of drug-likeness (QED) is 0.944. The van der Waals surface area contributed by atoms with Crippen molar-refractivity contribution in [1.29, 1.82) is 0 Å². The smallest absolute Gasteiger partial charge is 0.192 e. The molecule has 1 atom stereocenters. The van der Waals surface area contributed by atoms with Crippen LogP contribution in [0.25, 0.3) is 0 Å². The zero-order valence-electron chi connectivity index (χ0n) is 11.2. The molecule has 2 N–H and O–H groups in total. The van der Waals surface area contributed by atoms with Gasteiger partial charge in [-0.15, -0.1) is 11.3 Å².